The number of rotatable bonds is 7. The summed E-state index contributed by atoms with van der Waals surface area (Å²) in [6, 6.07) is 0. The number of hydrogen-bond donors (Lipinski definition) is 2. The number of sulfonamides is 1. The van der Waals surface area contributed by atoms with E-state index in [0.717, 1.165) is 37.2 Å². The Hall–Kier alpha value is -1.88. The minimum Gasteiger partial charge on any atom is -0.365 e. The van der Waals surface area contributed by atoms with Gasteiger partial charge in [-0.15, -0.1) is 0 Å². The van der Waals surface area contributed by atoms with Gasteiger partial charge in [-0.3, -0.25) is 4.99 Å². The lowest BCUT2D eigenvalue weighted by molar-refractivity contribution is -0.130. The zero-order valence-corrected chi connectivity index (χ0v) is 18.0. The summed E-state index contributed by atoms with van der Waals surface area (Å²) < 4.78 is 65.8. The van der Waals surface area contributed by atoms with Crippen LogP contribution in [0.15, 0.2) is 23.5 Å². The monoisotopic (exact) mass is 457 g/mol. The summed E-state index contributed by atoms with van der Waals surface area (Å²) in [5.41, 5.74) is 0.632. The van der Waals surface area contributed by atoms with Gasteiger partial charge >= 0.3 is 6.18 Å². The third kappa shape index (κ3) is 3.40. The van der Waals surface area contributed by atoms with E-state index in [1.807, 2.05) is 18.6 Å². The highest BCUT2D eigenvalue weighted by Gasteiger charge is 2.73. The molecule has 2 fully saturated rings. The van der Waals surface area contributed by atoms with Crippen LogP contribution >= 0.6 is 0 Å². The first-order valence-electron chi connectivity index (χ1n) is 10.7. The molecule has 2 aliphatic carbocycles. The van der Waals surface area contributed by atoms with Crippen molar-refractivity contribution in [2.75, 3.05) is 12.3 Å². The summed E-state index contributed by atoms with van der Waals surface area (Å²) in [5, 5.41) is 3.36. The van der Waals surface area contributed by atoms with E-state index in [1.54, 1.807) is 0 Å². The molecule has 0 bridgehead atoms. The molecule has 11 heteroatoms. The average Bonchev–Trinajstić information content (AvgIpc) is 3.08. The minimum atomic E-state index is -4.48. The molecule has 0 amide bonds. The van der Waals surface area contributed by atoms with E-state index in [9.17, 15) is 21.6 Å². The molecule has 0 spiro atoms. The van der Waals surface area contributed by atoms with Gasteiger partial charge in [0.05, 0.1) is 18.4 Å². The number of aromatic nitrogens is 2. The Labute approximate surface area is 179 Å². The van der Waals surface area contributed by atoms with Gasteiger partial charge in [-0.05, 0) is 37.0 Å². The Morgan fingerprint density at radius 2 is 2.16 bits per heavy atom. The summed E-state index contributed by atoms with van der Waals surface area (Å²) >= 11 is 0. The highest BCUT2D eigenvalue weighted by Crippen LogP contribution is 2.62. The molecule has 2 N–H and O–H groups in total. The van der Waals surface area contributed by atoms with Crippen molar-refractivity contribution < 1.29 is 21.6 Å². The van der Waals surface area contributed by atoms with Crippen LogP contribution in [0.1, 0.15) is 56.5 Å². The van der Waals surface area contributed by atoms with Crippen molar-refractivity contribution in [2.24, 2.45) is 16.8 Å². The lowest BCUT2D eigenvalue weighted by atomic mass is 9.90. The molecule has 170 valence electrons. The van der Waals surface area contributed by atoms with E-state index in [2.05, 4.69) is 37.6 Å². The molecule has 1 aromatic heterocycles. The second-order valence-corrected chi connectivity index (χ2v) is 11.1. The highest BCUT2D eigenvalue weighted by atomic mass is 32.2. The number of hydrogen-bond acceptors (Lipinski definition) is 5. The quantitative estimate of drug-likeness (QED) is 0.659. The highest BCUT2D eigenvalue weighted by molar-refractivity contribution is 7.89. The minimum absolute atomic E-state index is 0.0812. The Kier molecular flexibility index (Phi) is 4.61. The number of nitrogens with one attached hydrogen (secondary N) is 2. The number of imidazole rings is 1. The van der Waals surface area contributed by atoms with Gasteiger partial charge in [0, 0.05) is 30.8 Å². The summed E-state index contributed by atoms with van der Waals surface area (Å²) in [7, 11) is -3.95. The zero-order valence-electron chi connectivity index (χ0n) is 17.2. The van der Waals surface area contributed by atoms with Crippen molar-refractivity contribution in [1.29, 1.82) is 0 Å². The number of aliphatic imine (C=N–C) groups is 1. The first-order chi connectivity index (χ1) is 14.6. The van der Waals surface area contributed by atoms with Gasteiger partial charge in [-0.2, -0.15) is 13.2 Å². The van der Waals surface area contributed by atoms with Gasteiger partial charge in [0.25, 0.3) is 0 Å². The van der Waals surface area contributed by atoms with E-state index in [-0.39, 0.29) is 29.6 Å². The predicted molar refractivity (Wildman–Crippen MR) is 109 cm³/mol. The van der Waals surface area contributed by atoms with Gasteiger partial charge in [0.15, 0.2) is 11.5 Å². The predicted octanol–water partition coefficient (Wildman–Crippen LogP) is 2.62. The fraction of sp³-hybridized carbons (Fsp3) is 0.700. The normalized spacial score (nSPS) is 35.5. The van der Waals surface area contributed by atoms with Gasteiger partial charge in [-0.25, -0.2) is 18.1 Å². The number of nitrogens with zero attached hydrogens (tertiary/aromatic N) is 3. The third-order valence-electron chi connectivity index (χ3n) is 7.36. The third-order valence-corrected chi connectivity index (χ3v) is 8.70. The molecule has 3 heterocycles. The number of fused-ring (bicyclic) bond motifs is 1. The largest absolute Gasteiger partial charge is 0.390 e. The van der Waals surface area contributed by atoms with Crippen LogP contribution in [0.4, 0.5) is 13.2 Å². The Balaban J connectivity index is 1.30. The average molecular weight is 458 g/mol. The second kappa shape index (κ2) is 6.81. The Morgan fingerprint density at radius 1 is 1.35 bits per heavy atom. The molecule has 0 radical (unpaired) electrons. The van der Waals surface area contributed by atoms with E-state index in [4.69, 9.17) is 0 Å². The van der Waals surface area contributed by atoms with Crippen molar-refractivity contribution in [3.05, 3.63) is 30.0 Å². The maximum absolute atomic E-state index is 12.4. The Morgan fingerprint density at radius 3 is 2.90 bits per heavy atom. The van der Waals surface area contributed by atoms with Crippen LogP contribution in [-0.2, 0) is 15.6 Å². The maximum Gasteiger partial charge on any atom is 0.390 e. The van der Waals surface area contributed by atoms with Gasteiger partial charge in [0.2, 0.25) is 10.0 Å². The van der Waals surface area contributed by atoms with E-state index in [1.165, 1.54) is 0 Å². The van der Waals surface area contributed by atoms with Gasteiger partial charge in [0.1, 0.15) is 5.54 Å². The SMILES string of the molecule is CC[C@@H]1C[C@@H](CNS(=O)(=O)CCC(F)(F)F)C[C@@H]1c1cnc2n1C13C=CNC1(C3)N=C2. The molecule has 7 nitrogen and oxygen atoms in total. The van der Waals surface area contributed by atoms with Crippen molar-refractivity contribution >= 4 is 16.2 Å². The number of alkyl halides is 3. The fourth-order valence-corrected chi connectivity index (χ4v) is 6.83. The van der Waals surface area contributed by atoms with E-state index in [0.29, 0.717) is 5.92 Å². The molecule has 0 aromatic carbocycles. The molecule has 1 aromatic rings. The van der Waals surface area contributed by atoms with E-state index >= 15 is 0 Å². The summed E-state index contributed by atoms with van der Waals surface area (Å²) in [5.74, 6) is 0.584. The standard InChI is InChI=1S/C20H26F3N5O2S/c1-2-14-7-13(9-27-31(29,30)6-4-20(21,22)23)8-15(14)16-10-24-17-11-26-19-12-18(19,28(16)17)3-5-25-19/h3,5,10-11,13-15,25,27H,2,4,6-9,12H2,1H3/t13-,14-,15+,18?,19?/m1/s1. The van der Waals surface area contributed by atoms with Crippen LogP contribution in [0.25, 0.3) is 0 Å². The zero-order chi connectivity index (χ0) is 22.1. The fourth-order valence-electron chi connectivity index (χ4n) is 5.69. The van der Waals surface area contributed by atoms with E-state index < -0.39 is 28.4 Å². The molecule has 2 aliphatic heterocycles. The lowest BCUT2D eigenvalue weighted by Gasteiger charge is -2.27. The lowest BCUT2D eigenvalue weighted by Crippen LogP contribution is -2.37. The smallest absolute Gasteiger partial charge is 0.365 e. The van der Waals surface area contributed by atoms with Crippen LogP contribution < -0.4 is 10.0 Å². The summed E-state index contributed by atoms with van der Waals surface area (Å²) in [6.07, 6.45) is 5.47. The first-order valence-corrected chi connectivity index (χ1v) is 12.4. The summed E-state index contributed by atoms with van der Waals surface area (Å²) in [4.78, 5) is 9.27. The topological polar surface area (TPSA) is 88.4 Å². The molecule has 5 rings (SSSR count). The molecular formula is C20H26F3N5O2S. The molecule has 0 saturated heterocycles. The van der Waals surface area contributed by atoms with Crippen LogP contribution in [0.5, 0.6) is 0 Å². The van der Waals surface area contributed by atoms with Gasteiger partial charge < -0.3 is 9.88 Å². The van der Waals surface area contributed by atoms with Crippen LogP contribution in [0.2, 0.25) is 0 Å². The Bertz CT molecular complexity index is 1050. The number of halogens is 3. The van der Waals surface area contributed by atoms with Crippen molar-refractivity contribution in [1.82, 2.24) is 19.6 Å². The molecule has 5 atom stereocenters. The molecule has 2 saturated carbocycles. The van der Waals surface area contributed by atoms with Crippen molar-refractivity contribution in [3.8, 4) is 0 Å². The maximum atomic E-state index is 12.4. The van der Waals surface area contributed by atoms with Crippen LogP contribution in [0.3, 0.4) is 0 Å². The van der Waals surface area contributed by atoms with Crippen LogP contribution in [0, 0.1) is 11.8 Å². The van der Waals surface area contributed by atoms with Crippen molar-refractivity contribution in [3.63, 3.8) is 0 Å². The van der Waals surface area contributed by atoms with Crippen molar-refractivity contribution in [2.45, 2.75) is 62.3 Å². The molecule has 4 aliphatic rings. The second-order valence-electron chi connectivity index (χ2n) is 9.22. The first kappa shape index (κ1) is 21.0. The molecular weight excluding hydrogens is 431 g/mol. The van der Waals surface area contributed by atoms with Crippen LogP contribution in [-0.4, -0.2) is 48.3 Å². The molecule has 2 unspecified atom stereocenters. The summed E-state index contributed by atoms with van der Waals surface area (Å²) in [6.45, 7) is 2.30. The molecule has 31 heavy (non-hydrogen) atoms. The van der Waals surface area contributed by atoms with Gasteiger partial charge in [-0.1, -0.05) is 13.3 Å².